The summed E-state index contributed by atoms with van der Waals surface area (Å²) >= 11 is 0. The lowest BCUT2D eigenvalue weighted by atomic mass is 10.1. The Labute approximate surface area is 193 Å². The SMILES string of the molecule is CCOC(=O)c1nc(C)c(C[C@@H]2C[C@@H](O[Si](C)(C)C(C)(C)C)CN2Cc2ccccc2)[nH]1. The van der Waals surface area contributed by atoms with Crippen LogP contribution in [0.25, 0.3) is 0 Å². The minimum atomic E-state index is -1.85. The van der Waals surface area contributed by atoms with Gasteiger partial charge < -0.3 is 14.1 Å². The Balaban J connectivity index is 1.78. The second-order valence-corrected chi connectivity index (χ2v) is 15.1. The number of carbonyl (C=O) groups excluding carboxylic acids is 1. The molecule has 0 aliphatic carbocycles. The smallest absolute Gasteiger partial charge is 0.374 e. The molecule has 1 aliphatic heterocycles. The first-order valence-electron chi connectivity index (χ1n) is 11.7. The molecular formula is C25H39N3O3Si. The zero-order chi connectivity index (χ0) is 23.5. The van der Waals surface area contributed by atoms with Crippen molar-refractivity contribution < 1.29 is 14.0 Å². The third-order valence-electron chi connectivity index (χ3n) is 6.88. The van der Waals surface area contributed by atoms with E-state index in [0.717, 1.165) is 37.3 Å². The molecule has 2 aromatic rings. The number of aromatic amines is 1. The van der Waals surface area contributed by atoms with Crippen LogP contribution in [0.15, 0.2) is 30.3 Å². The normalized spacial score (nSPS) is 20.0. The molecule has 176 valence electrons. The van der Waals surface area contributed by atoms with Gasteiger partial charge in [-0.05, 0) is 44.0 Å². The van der Waals surface area contributed by atoms with Crippen molar-refractivity contribution >= 4 is 14.3 Å². The fourth-order valence-corrected chi connectivity index (χ4v) is 5.43. The molecule has 0 radical (unpaired) electrons. The van der Waals surface area contributed by atoms with Gasteiger partial charge in [0.2, 0.25) is 5.82 Å². The summed E-state index contributed by atoms with van der Waals surface area (Å²) in [6.07, 6.45) is 2.01. The van der Waals surface area contributed by atoms with Gasteiger partial charge in [-0.25, -0.2) is 9.78 Å². The number of aryl methyl sites for hydroxylation is 1. The van der Waals surface area contributed by atoms with Gasteiger partial charge in [0.25, 0.3) is 0 Å². The summed E-state index contributed by atoms with van der Waals surface area (Å²) in [6.45, 7) is 17.4. The standard InChI is InChI=1S/C25H39N3O3Si/c1-8-30-24(29)23-26-18(2)22(27-23)15-20-14-21(31-32(6,7)25(3,4)5)17-28(20)16-19-12-10-9-11-13-19/h9-13,20-21H,8,14-17H2,1-7H3,(H,26,27)/t20-,21+/m0/s1. The highest BCUT2D eigenvalue weighted by Gasteiger charge is 2.42. The Morgan fingerprint density at radius 2 is 1.94 bits per heavy atom. The molecule has 1 aliphatic rings. The minimum absolute atomic E-state index is 0.184. The maximum Gasteiger partial charge on any atom is 0.374 e. The number of benzene rings is 1. The van der Waals surface area contributed by atoms with Gasteiger partial charge in [0.05, 0.1) is 18.4 Å². The number of nitrogens with zero attached hydrogens (tertiary/aromatic N) is 2. The summed E-state index contributed by atoms with van der Waals surface area (Å²) in [6, 6.07) is 10.9. The number of hydrogen-bond acceptors (Lipinski definition) is 5. The van der Waals surface area contributed by atoms with E-state index >= 15 is 0 Å². The maximum absolute atomic E-state index is 12.1. The largest absolute Gasteiger partial charge is 0.460 e. The van der Waals surface area contributed by atoms with Gasteiger partial charge in [0.1, 0.15) is 0 Å². The van der Waals surface area contributed by atoms with Crippen LogP contribution in [0, 0.1) is 6.92 Å². The summed E-state index contributed by atoms with van der Waals surface area (Å²) in [5.41, 5.74) is 3.17. The van der Waals surface area contributed by atoms with E-state index in [4.69, 9.17) is 9.16 Å². The molecule has 7 heteroatoms. The topological polar surface area (TPSA) is 67.5 Å². The number of aromatic nitrogens is 2. The first-order chi connectivity index (χ1) is 15.0. The van der Waals surface area contributed by atoms with Crippen LogP contribution in [-0.4, -0.2) is 54.5 Å². The van der Waals surface area contributed by atoms with E-state index in [1.165, 1.54) is 5.56 Å². The number of esters is 1. The predicted octanol–water partition coefficient (Wildman–Crippen LogP) is 5.10. The Morgan fingerprint density at radius 3 is 2.56 bits per heavy atom. The Bertz CT molecular complexity index is 905. The lowest BCUT2D eigenvalue weighted by Gasteiger charge is -2.38. The van der Waals surface area contributed by atoms with Gasteiger partial charge in [0.15, 0.2) is 8.32 Å². The molecule has 1 saturated heterocycles. The first-order valence-corrected chi connectivity index (χ1v) is 14.6. The van der Waals surface area contributed by atoms with Crippen LogP contribution < -0.4 is 0 Å². The molecule has 1 N–H and O–H groups in total. The third kappa shape index (κ3) is 5.88. The Morgan fingerprint density at radius 1 is 1.25 bits per heavy atom. The van der Waals surface area contributed by atoms with Crippen molar-refractivity contribution in [2.24, 2.45) is 0 Å². The second kappa shape index (κ2) is 9.89. The van der Waals surface area contributed by atoms with Crippen molar-refractivity contribution in [2.45, 2.75) is 84.3 Å². The summed E-state index contributed by atoms with van der Waals surface area (Å²) in [5.74, 6) is -0.102. The van der Waals surface area contributed by atoms with Gasteiger partial charge in [-0.2, -0.15) is 0 Å². The monoisotopic (exact) mass is 457 g/mol. The second-order valence-electron chi connectivity index (χ2n) is 10.4. The van der Waals surface area contributed by atoms with Crippen LogP contribution in [0.4, 0.5) is 0 Å². The third-order valence-corrected chi connectivity index (χ3v) is 11.4. The van der Waals surface area contributed by atoms with E-state index in [-0.39, 0.29) is 11.1 Å². The molecular weight excluding hydrogens is 418 g/mol. The molecule has 0 saturated carbocycles. The maximum atomic E-state index is 12.1. The molecule has 6 nitrogen and oxygen atoms in total. The van der Waals surface area contributed by atoms with Crippen LogP contribution in [0.3, 0.4) is 0 Å². The van der Waals surface area contributed by atoms with Gasteiger partial charge in [-0.3, -0.25) is 4.90 Å². The number of H-pyrrole nitrogens is 1. The molecule has 2 atom stereocenters. The fourth-order valence-electron chi connectivity index (χ4n) is 4.07. The van der Waals surface area contributed by atoms with E-state index in [1.807, 2.05) is 6.92 Å². The molecule has 0 amide bonds. The number of carbonyl (C=O) groups is 1. The molecule has 0 spiro atoms. The van der Waals surface area contributed by atoms with Gasteiger partial charge in [0, 0.05) is 31.2 Å². The molecule has 1 aromatic heterocycles. The van der Waals surface area contributed by atoms with Crippen LogP contribution in [0.2, 0.25) is 18.1 Å². The van der Waals surface area contributed by atoms with Crippen LogP contribution in [0.1, 0.15) is 61.7 Å². The molecule has 1 aromatic carbocycles. The first kappa shape index (κ1) is 24.7. The zero-order valence-corrected chi connectivity index (χ0v) is 21.7. The van der Waals surface area contributed by atoms with E-state index < -0.39 is 14.3 Å². The molecule has 0 bridgehead atoms. The number of imidazole rings is 1. The van der Waals surface area contributed by atoms with Crippen molar-refractivity contribution in [1.29, 1.82) is 0 Å². The summed E-state index contributed by atoms with van der Waals surface area (Å²) < 4.78 is 11.9. The van der Waals surface area contributed by atoms with Gasteiger partial charge in [-0.1, -0.05) is 51.1 Å². The van der Waals surface area contributed by atoms with Gasteiger partial charge in [-0.15, -0.1) is 0 Å². The zero-order valence-electron chi connectivity index (χ0n) is 20.7. The highest BCUT2D eigenvalue weighted by Crippen LogP contribution is 2.39. The summed E-state index contributed by atoms with van der Waals surface area (Å²) in [4.78, 5) is 22.3. The van der Waals surface area contributed by atoms with Crippen molar-refractivity contribution in [3.8, 4) is 0 Å². The van der Waals surface area contributed by atoms with Crippen LogP contribution in [-0.2, 0) is 22.1 Å². The summed E-state index contributed by atoms with van der Waals surface area (Å²) in [5, 5.41) is 0.184. The van der Waals surface area contributed by atoms with Crippen LogP contribution >= 0.6 is 0 Å². The van der Waals surface area contributed by atoms with Crippen molar-refractivity contribution in [2.75, 3.05) is 13.2 Å². The fraction of sp³-hybridized carbons (Fsp3) is 0.600. The Hall–Kier alpha value is -1.96. The highest BCUT2D eigenvalue weighted by atomic mass is 28.4. The van der Waals surface area contributed by atoms with E-state index in [2.05, 4.69) is 79.1 Å². The van der Waals surface area contributed by atoms with Crippen molar-refractivity contribution in [1.82, 2.24) is 14.9 Å². The predicted molar refractivity (Wildman–Crippen MR) is 130 cm³/mol. The number of nitrogens with one attached hydrogen (secondary N) is 1. The van der Waals surface area contributed by atoms with Gasteiger partial charge >= 0.3 is 5.97 Å². The number of rotatable bonds is 8. The molecule has 0 unspecified atom stereocenters. The molecule has 1 fully saturated rings. The number of likely N-dealkylation sites (tertiary alicyclic amines) is 1. The Kier molecular flexibility index (Phi) is 7.63. The lowest BCUT2D eigenvalue weighted by Crippen LogP contribution is -2.44. The number of ether oxygens (including phenoxy) is 1. The van der Waals surface area contributed by atoms with Crippen molar-refractivity contribution in [3.05, 3.63) is 53.1 Å². The molecule has 3 rings (SSSR count). The highest BCUT2D eigenvalue weighted by molar-refractivity contribution is 6.74. The number of hydrogen-bond donors (Lipinski definition) is 1. The molecule has 2 heterocycles. The molecule has 32 heavy (non-hydrogen) atoms. The minimum Gasteiger partial charge on any atom is -0.460 e. The van der Waals surface area contributed by atoms with E-state index in [0.29, 0.717) is 18.5 Å². The quantitative estimate of drug-likeness (QED) is 0.441. The van der Waals surface area contributed by atoms with Crippen LogP contribution in [0.5, 0.6) is 0 Å². The van der Waals surface area contributed by atoms with E-state index in [9.17, 15) is 4.79 Å². The summed E-state index contributed by atoms with van der Waals surface area (Å²) in [7, 11) is -1.85. The van der Waals surface area contributed by atoms with E-state index in [1.54, 1.807) is 6.92 Å². The average molecular weight is 458 g/mol. The average Bonchev–Trinajstić information content (AvgIpc) is 3.25. The van der Waals surface area contributed by atoms with Crippen molar-refractivity contribution in [3.63, 3.8) is 0 Å². The lowest BCUT2D eigenvalue weighted by molar-refractivity contribution is 0.0513.